The first-order chi connectivity index (χ1) is 15.0. The first kappa shape index (κ1) is 19.6. The third kappa shape index (κ3) is 4.11. The lowest BCUT2D eigenvalue weighted by atomic mass is 10.2. The van der Waals surface area contributed by atoms with Gasteiger partial charge in [0.25, 0.3) is 12.3 Å². The van der Waals surface area contributed by atoms with Crippen LogP contribution in [0.15, 0.2) is 42.7 Å². The van der Waals surface area contributed by atoms with Gasteiger partial charge in [0.1, 0.15) is 12.0 Å². The lowest BCUT2D eigenvalue weighted by Crippen LogP contribution is -2.14. The minimum Gasteiger partial charge on any atom is -0.288 e. The number of amides is 1. The van der Waals surface area contributed by atoms with E-state index in [9.17, 15) is 13.6 Å². The number of benzene rings is 1. The minimum atomic E-state index is -2.73. The molecule has 8 nitrogen and oxygen atoms in total. The summed E-state index contributed by atoms with van der Waals surface area (Å²) in [6.07, 6.45) is 0.603. The number of alkyl halides is 2. The van der Waals surface area contributed by atoms with Crippen LogP contribution in [0.1, 0.15) is 52.6 Å². The highest BCUT2D eigenvalue weighted by Crippen LogP contribution is 2.40. The van der Waals surface area contributed by atoms with E-state index >= 15 is 0 Å². The molecule has 0 atom stereocenters. The molecule has 5 rings (SSSR count). The topological polar surface area (TPSA) is 90.0 Å². The molecule has 0 unspecified atom stereocenters. The van der Waals surface area contributed by atoms with Crippen LogP contribution in [-0.2, 0) is 6.54 Å². The molecule has 31 heavy (non-hydrogen) atoms. The lowest BCUT2D eigenvalue weighted by molar-refractivity contribution is 0.102. The summed E-state index contributed by atoms with van der Waals surface area (Å²) in [6.45, 7) is 0.444. The fourth-order valence-electron chi connectivity index (χ4n) is 3.24. The van der Waals surface area contributed by atoms with Gasteiger partial charge in [-0.25, -0.2) is 27.9 Å². The van der Waals surface area contributed by atoms with Gasteiger partial charge in [0.05, 0.1) is 6.54 Å². The van der Waals surface area contributed by atoms with Crippen molar-refractivity contribution in [2.45, 2.75) is 31.7 Å². The van der Waals surface area contributed by atoms with E-state index in [0.717, 1.165) is 22.9 Å². The largest absolute Gasteiger partial charge is 0.288 e. The molecule has 158 valence electrons. The van der Waals surface area contributed by atoms with Gasteiger partial charge in [-0.1, -0.05) is 23.7 Å². The molecule has 0 bridgehead atoms. The summed E-state index contributed by atoms with van der Waals surface area (Å²) in [6, 6.07) is 10.0. The molecule has 1 fully saturated rings. The zero-order valence-corrected chi connectivity index (χ0v) is 16.8. The Morgan fingerprint density at radius 3 is 2.68 bits per heavy atom. The highest BCUT2D eigenvalue weighted by Gasteiger charge is 2.28. The third-order valence-electron chi connectivity index (χ3n) is 4.95. The van der Waals surface area contributed by atoms with Crippen molar-refractivity contribution in [2.75, 3.05) is 5.32 Å². The van der Waals surface area contributed by atoms with Gasteiger partial charge in [-0.15, -0.1) is 5.10 Å². The third-order valence-corrected chi connectivity index (χ3v) is 5.20. The number of hydrogen-bond donors (Lipinski definition) is 1. The van der Waals surface area contributed by atoms with Crippen LogP contribution in [0.2, 0.25) is 5.02 Å². The summed E-state index contributed by atoms with van der Waals surface area (Å²) in [7, 11) is 0. The highest BCUT2D eigenvalue weighted by atomic mass is 35.5. The van der Waals surface area contributed by atoms with Crippen LogP contribution >= 0.6 is 11.6 Å². The van der Waals surface area contributed by atoms with Crippen LogP contribution < -0.4 is 5.32 Å². The Bertz CT molecular complexity index is 1260. The van der Waals surface area contributed by atoms with Crippen molar-refractivity contribution in [2.24, 2.45) is 0 Å². The zero-order chi connectivity index (χ0) is 21.5. The Hall–Kier alpha value is -3.40. The maximum Gasteiger partial charge on any atom is 0.280 e. The molecule has 3 heterocycles. The number of fused-ring (bicyclic) bond motifs is 1. The van der Waals surface area contributed by atoms with Gasteiger partial charge in [-0.05, 0) is 36.6 Å². The van der Waals surface area contributed by atoms with Crippen molar-refractivity contribution in [3.8, 4) is 0 Å². The SMILES string of the molecule is O=C(Nc1ncn(Cc2ccc(Cl)cc2)n1)c1cc2nc(C3CC3)cc(C(F)F)n2n1. The molecule has 4 aromatic rings. The molecule has 11 heteroatoms. The standard InChI is InChI=1S/C20H16ClF2N7O/c21-13-5-1-11(2-6-13)9-29-10-24-20(28-29)26-19(31)15-8-17-25-14(12-3-4-12)7-16(18(22)23)30(17)27-15/h1-2,5-8,10,12,18H,3-4,9H2,(H,26,28,31). The van der Waals surface area contributed by atoms with E-state index in [0.29, 0.717) is 17.3 Å². The van der Waals surface area contributed by atoms with Gasteiger partial charge in [-0.3, -0.25) is 10.1 Å². The van der Waals surface area contributed by atoms with Crippen molar-refractivity contribution in [3.63, 3.8) is 0 Å². The summed E-state index contributed by atoms with van der Waals surface area (Å²) in [5, 5.41) is 11.4. The number of anilines is 1. The number of nitrogens with zero attached hydrogens (tertiary/aromatic N) is 6. The van der Waals surface area contributed by atoms with E-state index in [2.05, 4.69) is 25.5 Å². The maximum atomic E-state index is 13.5. The lowest BCUT2D eigenvalue weighted by Gasteiger charge is -2.06. The van der Waals surface area contributed by atoms with Crippen molar-refractivity contribution >= 4 is 29.1 Å². The second-order valence-electron chi connectivity index (χ2n) is 7.33. The van der Waals surface area contributed by atoms with Crippen LogP contribution in [0.4, 0.5) is 14.7 Å². The summed E-state index contributed by atoms with van der Waals surface area (Å²) in [4.78, 5) is 21.0. The quantitative estimate of drug-likeness (QED) is 0.484. The van der Waals surface area contributed by atoms with Crippen LogP contribution in [-0.4, -0.2) is 35.3 Å². The summed E-state index contributed by atoms with van der Waals surface area (Å²) >= 11 is 5.88. The fourth-order valence-corrected chi connectivity index (χ4v) is 3.37. The van der Waals surface area contributed by atoms with Gasteiger partial charge >= 0.3 is 0 Å². The van der Waals surface area contributed by atoms with Gasteiger partial charge in [0.15, 0.2) is 11.3 Å². The van der Waals surface area contributed by atoms with Gasteiger partial charge < -0.3 is 0 Å². The minimum absolute atomic E-state index is 0.0450. The fraction of sp³-hybridized carbons (Fsp3) is 0.250. The maximum absolute atomic E-state index is 13.5. The summed E-state index contributed by atoms with van der Waals surface area (Å²) in [5.74, 6) is -0.330. The number of nitrogens with one attached hydrogen (secondary N) is 1. The van der Waals surface area contributed by atoms with Crippen LogP contribution in [0.25, 0.3) is 5.65 Å². The molecule has 0 radical (unpaired) electrons. The van der Waals surface area contributed by atoms with Crippen molar-refractivity contribution in [3.05, 3.63) is 70.4 Å². The Balaban J connectivity index is 1.35. The highest BCUT2D eigenvalue weighted by molar-refractivity contribution is 6.30. The van der Waals surface area contributed by atoms with Gasteiger partial charge in [0, 0.05) is 22.7 Å². The Morgan fingerprint density at radius 2 is 1.97 bits per heavy atom. The molecular formula is C20H16ClF2N7O. The van der Waals surface area contributed by atoms with E-state index < -0.39 is 12.3 Å². The first-order valence-corrected chi connectivity index (χ1v) is 9.98. The van der Waals surface area contributed by atoms with E-state index in [-0.39, 0.29) is 28.9 Å². The van der Waals surface area contributed by atoms with E-state index in [1.807, 2.05) is 12.1 Å². The molecule has 1 N–H and O–H groups in total. The van der Waals surface area contributed by atoms with E-state index in [1.165, 1.54) is 18.5 Å². The van der Waals surface area contributed by atoms with Crippen LogP contribution in [0.3, 0.4) is 0 Å². The summed E-state index contributed by atoms with van der Waals surface area (Å²) < 4.78 is 29.6. The second kappa shape index (κ2) is 7.69. The molecule has 1 amide bonds. The van der Waals surface area contributed by atoms with E-state index in [1.54, 1.807) is 16.8 Å². The molecule has 0 saturated heterocycles. The summed E-state index contributed by atoms with van der Waals surface area (Å²) in [5.41, 5.74) is 1.46. The van der Waals surface area contributed by atoms with Crippen LogP contribution in [0, 0.1) is 0 Å². The Kier molecular flexibility index (Phi) is 4.85. The van der Waals surface area contributed by atoms with E-state index in [4.69, 9.17) is 11.6 Å². The van der Waals surface area contributed by atoms with Crippen molar-refractivity contribution in [1.29, 1.82) is 0 Å². The Morgan fingerprint density at radius 1 is 1.19 bits per heavy atom. The molecule has 3 aromatic heterocycles. The number of hydrogen-bond acceptors (Lipinski definition) is 5. The molecule has 1 aliphatic carbocycles. The average molecular weight is 444 g/mol. The second-order valence-corrected chi connectivity index (χ2v) is 7.76. The molecule has 1 aliphatic rings. The zero-order valence-electron chi connectivity index (χ0n) is 16.0. The molecule has 0 spiro atoms. The molecule has 1 aromatic carbocycles. The van der Waals surface area contributed by atoms with Crippen molar-refractivity contribution < 1.29 is 13.6 Å². The average Bonchev–Trinajstić information content (AvgIpc) is 3.36. The first-order valence-electron chi connectivity index (χ1n) is 9.60. The number of rotatable bonds is 6. The molecular weight excluding hydrogens is 428 g/mol. The smallest absolute Gasteiger partial charge is 0.280 e. The normalized spacial score (nSPS) is 13.8. The number of aromatic nitrogens is 6. The molecule has 0 aliphatic heterocycles. The monoisotopic (exact) mass is 443 g/mol. The van der Waals surface area contributed by atoms with Gasteiger partial charge in [-0.2, -0.15) is 5.10 Å². The van der Waals surface area contributed by atoms with Gasteiger partial charge in [0.2, 0.25) is 5.95 Å². The number of halogens is 3. The Labute approximate surface area is 179 Å². The van der Waals surface area contributed by atoms with Crippen LogP contribution in [0.5, 0.6) is 0 Å². The van der Waals surface area contributed by atoms with Crippen molar-refractivity contribution in [1.82, 2.24) is 29.4 Å². The predicted molar refractivity (Wildman–Crippen MR) is 108 cm³/mol. The number of carbonyl (C=O) groups excluding carboxylic acids is 1. The predicted octanol–water partition coefficient (Wildman–Crippen LogP) is 4.09. The number of carbonyl (C=O) groups is 1. The molecule has 1 saturated carbocycles.